The molecule has 0 fully saturated rings. The van der Waals surface area contributed by atoms with Crippen molar-refractivity contribution < 1.29 is 14.3 Å². The maximum absolute atomic E-state index is 12.8. The monoisotopic (exact) mass is 400 g/mol. The Kier molecular flexibility index (Phi) is 5.82. The van der Waals surface area contributed by atoms with Crippen LogP contribution in [0.2, 0.25) is 0 Å². The first-order chi connectivity index (χ1) is 13.0. The van der Waals surface area contributed by atoms with Gasteiger partial charge in [0.15, 0.2) is 4.80 Å². The van der Waals surface area contributed by atoms with E-state index >= 15 is 0 Å². The molecule has 0 spiro atoms. The lowest BCUT2D eigenvalue weighted by Gasteiger charge is -2.07. The Bertz CT molecular complexity index is 1100. The Morgan fingerprint density at radius 3 is 2.56 bits per heavy atom. The van der Waals surface area contributed by atoms with Crippen molar-refractivity contribution in [3.63, 3.8) is 0 Å². The number of ether oxygens (including phenoxy) is 1. The maximum Gasteiger partial charge on any atom is 0.325 e. The summed E-state index contributed by atoms with van der Waals surface area (Å²) in [7, 11) is 1.35. The van der Waals surface area contributed by atoms with E-state index in [1.54, 1.807) is 10.6 Å². The Labute approximate surface area is 165 Å². The number of benzene rings is 2. The van der Waals surface area contributed by atoms with Crippen molar-refractivity contribution in [1.82, 2.24) is 4.57 Å². The van der Waals surface area contributed by atoms with Crippen LogP contribution in [0.5, 0.6) is 0 Å². The molecule has 3 aromatic rings. The molecule has 1 aromatic heterocycles. The molecule has 0 saturated carbocycles. The minimum absolute atomic E-state index is 0.0110. The van der Waals surface area contributed by atoms with Crippen molar-refractivity contribution >= 4 is 45.2 Å². The zero-order valence-electron chi connectivity index (χ0n) is 15.6. The van der Waals surface area contributed by atoms with Crippen molar-refractivity contribution in [2.45, 2.75) is 25.3 Å². The van der Waals surface area contributed by atoms with Crippen LogP contribution in [-0.2, 0) is 16.1 Å². The molecule has 0 bridgehead atoms. The lowest BCUT2D eigenvalue weighted by molar-refractivity contribution is -0.141. The fraction of sp³-hybridized carbons (Fsp3) is 0.250. The number of thioether (sulfide) groups is 1. The number of nitrogens with zero attached hydrogens (tertiary/aromatic N) is 2. The molecule has 0 unspecified atom stereocenters. The molecule has 0 aliphatic heterocycles. The largest absolute Gasteiger partial charge is 0.468 e. The van der Waals surface area contributed by atoms with Gasteiger partial charge in [-0.05, 0) is 43.4 Å². The fourth-order valence-corrected chi connectivity index (χ4v) is 4.63. The third kappa shape index (κ3) is 3.84. The van der Waals surface area contributed by atoms with E-state index < -0.39 is 0 Å². The van der Waals surface area contributed by atoms with E-state index in [0.717, 1.165) is 26.2 Å². The molecular formula is C20H20N2O3S2. The van der Waals surface area contributed by atoms with E-state index in [4.69, 9.17) is 4.74 Å². The molecule has 0 N–H and O–H groups in total. The summed E-state index contributed by atoms with van der Waals surface area (Å²) in [6.45, 7) is 4.00. The van der Waals surface area contributed by atoms with Crippen molar-refractivity contribution in [2.24, 2.45) is 4.99 Å². The van der Waals surface area contributed by atoms with E-state index in [1.807, 2.05) is 50.4 Å². The van der Waals surface area contributed by atoms with Crippen LogP contribution in [0.4, 0.5) is 0 Å². The first-order valence-electron chi connectivity index (χ1n) is 8.34. The van der Waals surface area contributed by atoms with E-state index in [0.29, 0.717) is 10.4 Å². The highest BCUT2D eigenvalue weighted by atomic mass is 32.2. The number of hydrogen-bond acceptors (Lipinski definition) is 5. The SMILES string of the molecule is COC(=O)Cn1c(=NC(=O)c2ccccc2SC)sc2c(C)ccc(C)c21. The number of hydrogen-bond donors (Lipinski definition) is 0. The number of aryl methyl sites for hydroxylation is 2. The molecule has 0 radical (unpaired) electrons. The van der Waals surface area contributed by atoms with Crippen LogP contribution in [0.3, 0.4) is 0 Å². The Morgan fingerprint density at radius 2 is 1.85 bits per heavy atom. The molecule has 1 amide bonds. The number of fused-ring (bicyclic) bond motifs is 1. The van der Waals surface area contributed by atoms with Gasteiger partial charge in [-0.25, -0.2) is 0 Å². The minimum Gasteiger partial charge on any atom is -0.468 e. The maximum atomic E-state index is 12.8. The summed E-state index contributed by atoms with van der Waals surface area (Å²) < 4.78 is 7.63. The van der Waals surface area contributed by atoms with Crippen molar-refractivity contribution in [3.05, 3.63) is 57.9 Å². The van der Waals surface area contributed by atoms with Crippen molar-refractivity contribution in [1.29, 1.82) is 0 Å². The van der Waals surface area contributed by atoms with Gasteiger partial charge in [-0.3, -0.25) is 9.59 Å². The molecule has 7 heteroatoms. The molecule has 1 heterocycles. The van der Waals surface area contributed by atoms with Gasteiger partial charge >= 0.3 is 5.97 Å². The Morgan fingerprint density at radius 1 is 1.15 bits per heavy atom. The molecule has 0 saturated heterocycles. The third-order valence-electron chi connectivity index (χ3n) is 4.27. The van der Waals surface area contributed by atoms with Gasteiger partial charge in [0.1, 0.15) is 6.54 Å². The number of aromatic nitrogens is 1. The minimum atomic E-state index is -0.381. The number of carbonyl (C=O) groups is 2. The average molecular weight is 401 g/mol. The van der Waals surface area contributed by atoms with Gasteiger partial charge in [-0.15, -0.1) is 11.8 Å². The van der Waals surface area contributed by atoms with Gasteiger partial charge in [-0.1, -0.05) is 35.6 Å². The van der Waals surface area contributed by atoms with Crippen molar-refractivity contribution in [2.75, 3.05) is 13.4 Å². The van der Waals surface area contributed by atoms with Crippen LogP contribution in [0.15, 0.2) is 46.3 Å². The van der Waals surface area contributed by atoms with Crippen LogP contribution < -0.4 is 4.80 Å². The summed E-state index contributed by atoms with van der Waals surface area (Å²) in [6, 6.07) is 11.4. The second-order valence-electron chi connectivity index (χ2n) is 6.04. The van der Waals surface area contributed by atoms with Gasteiger partial charge in [-0.2, -0.15) is 4.99 Å². The van der Waals surface area contributed by atoms with Gasteiger partial charge in [0.2, 0.25) is 0 Å². The summed E-state index contributed by atoms with van der Waals surface area (Å²) in [6.07, 6.45) is 1.93. The van der Waals surface area contributed by atoms with E-state index in [2.05, 4.69) is 4.99 Å². The molecule has 27 heavy (non-hydrogen) atoms. The van der Waals surface area contributed by atoms with E-state index in [-0.39, 0.29) is 18.4 Å². The predicted octanol–water partition coefficient (Wildman–Crippen LogP) is 3.96. The van der Waals surface area contributed by atoms with Crippen LogP contribution in [0, 0.1) is 13.8 Å². The van der Waals surface area contributed by atoms with E-state index in [1.165, 1.54) is 30.2 Å². The van der Waals surface area contributed by atoms with E-state index in [9.17, 15) is 9.59 Å². The van der Waals surface area contributed by atoms with Crippen LogP contribution in [0.25, 0.3) is 10.2 Å². The smallest absolute Gasteiger partial charge is 0.325 e. The highest BCUT2D eigenvalue weighted by Gasteiger charge is 2.16. The molecule has 0 atom stereocenters. The normalized spacial score (nSPS) is 11.8. The molecule has 3 rings (SSSR count). The number of amides is 1. The topological polar surface area (TPSA) is 60.7 Å². The van der Waals surface area contributed by atoms with Gasteiger partial charge in [0.05, 0.1) is 22.9 Å². The lowest BCUT2D eigenvalue weighted by Crippen LogP contribution is -2.22. The summed E-state index contributed by atoms with van der Waals surface area (Å²) in [4.78, 5) is 30.5. The quantitative estimate of drug-likeness (QED) is 0.491. The number of methoxy groups -OCH3 is 1. The average Bonchev–Trinajstić information content (AvgIpc) is 3.03. The molecule has 140 valence electrons. The number of rotatable bonds is 4. The van der Waals surface area contributed by atoms with Crippen molar-refractivity contribution in [3.8, 4) is 0 Å². The summed E-state index contributed by atoms with van der Waals surface area (Å²) >= 11 is 2.92. The van der Waals surface area contributed by atoms with Gasteiger partial charge in [0.25, 0.3) is 5.91 Å². The standard InChI is InChI=1S/C20H20N2O3S2/c1-12-9-10-13(2)18-17(12)22(11-16(23)25-3)20(27-18)21-19(24)14-7-5-6-8-15(14)26-4/h5-10H,11H2,1-4H3. The molecule has 5 nitrogen and oxygen atoms in total. The highest BCUT2D eigenvalue weighted by Crippen LogP contribution is 2.25. The summed E-state index contributed by atoms with van der Waals surface area (Å²) in [5.74, 6) is -0.700. The summed E-state index contributed by atoms with van der Waals surface area (Å²) in [5, 5.41) is 0. The third-order valence-corrected chi connectivity index (χ3v) is 6.28. The van der Waals surface area contributed by atoms with Crippen LogP contribution >= 0.6 is 23.1 Å². The number of carbonyl (C=O) groups excluding carboxylic acids is 2. The fourth-order valence-electron chi connectivity index (χ4n) is 2.87. The zero-order chi connectivity index (χ0) is 19.6. The second-order valence-corrected chi connectivity index (χ2v) is 7.87. The van der Waals surface area contributed by atoms with Crippen LogP contribution in [0.1, 0.15) is 21.5 Å². The van der Waals surface area contributed by atoms with Gasteiger partial charge in [0, 0.05) is 4.90 Å². The molecular weight excluding hydrogens is 380 g/mol. The number of esters is 1. The predicted molar refractivity (Wildman–Crippen MR) is 109 cm³/mol. The van der Waals surface area contributed by atoms with Gasteiger partial charge < -0.3 is 9.30 Å². The molecule has 0 aliphatic carbocycles. The molecule has 2 aromatic carbocycles. The first kappa shape index (κ1) is 19.4. The Balaban J connectivity index is 2.23. The van der Waals surface area contributed by atoms with Crippen LogP contribution in [-0.4, -0.2) is 29.8 Å². The second kappa shape index (κ2) is 8.10. The Hall–Kier alpha value is -2.38. The molecule has 0 aliphatic rings. The lowest BCUT2D eigenvalue weighted by atomic mass is 10.1. The highest BCUT2D eigenvalue weighted by molar-refractivity contribution is 7.98. The summed E-state index contributed by atoms with van der Waals surface area (Å²) in [5.41, 5.74) is 3.57. The zero-order valence-corrected chi connectivity index (χ0v) is 17.2. The first-order valence-corrected chi connectivity index (χ1v) is 10.4. The number of thiazole rings is 1.